The van der Waals surface area contributed by atoms with Crippen molar-refractivity contribution in [1.29, 1.82) is 0 Å². The number of nitro benzene ring substituents is 1. The highest BCUT2D eigenvalue weighted by Crippen LogP contribution is 2.39. The maximum absolute atomic E-state index is 13.2. The van der Waals surface area contributed by atoms with Crippen LogP contribution in [0.1, 0.15) is 31.1 Å². The topological polar surface area (TPSA) is 112 Å². The van der Waals surface area contributed by atoms with Crippen LogP contribution in [0.5, 0.6) is 17.2 Å². The van der Waals surface area contributed by atoms with Crippen LogP contribution in [0, 0.1) is 10.1 Å². The average molecular weight is 459 g/mol. The van der Waals surface area contributed by atoms with Gasteiger partial charge in [0.05, 0.1) is 49.3 Å². The fraction of sp³-hybridized carbons (Fsp3) is 0.435. The summed E-state index contributed by atoms with van der Waals surface area (Å²) < 4.78 is 22.5. The van der Waals surface area contributed by atoms with E-state index < -0.39 is 10.8 Å². The average Bonchev–Trinajstić information content (AvgIpc) is 2.82. The summed E-state index contributed by atoms with van der Waals surface area (Å²) in [6, 6.07) is 7.59. The molecule has 10 nitrogen and oxygen atoms in total. The molecule has 2 aromatic rings. The summed E-state index contributed by atoms with van der Waals surface area (Å²) in [5.41, 5.74) is 1.31. The Bertz CT molecular complexity index is 963. The third-order valence-corrected chi connectivity index (χ3v) is 4.96. The van der Waals surface area contributed by atoms with Crippen molar-refractivity contribution in [3.05, 3.63) is 46.0 Å². The van der Waals surface area contributed by atoms with E-state index in [4.69, 9.17) is 18.9 Å². The molecule has 0 aliphatic carbocycles. The lowest BCUT2D eigenvalue weighted by Gasteiger charge is -2.30. The second-order valence-corrected chi connectivity index (χ2v) is 7.11. The van der Waals surface area contributed by atoms with Crippen molar-refractivity contribution in [1.82, 2.24) is 0 Å². The van der Waals surface area contributed by atoms with Gasteiger partial charge in [-0.3, -0.25) is 14.9 Å². The maximum atomic E-state index is 13.2. The molecule has 0 aromatic heterocycles. The second-order valence-electron chi connectivity index (χ2n) is 7.11. The van der Waals surface area contributed by atoms with Gasteiger partial charge in [0.2, 0.25) is 5.75 Å². The standard InChI is InChI=1S/C23H29N3O7/c1-4-31-20-13-16(14-21(32-5-2)22(20)33-6-3)23(27)24-18-8-7-17(26(28)29)15-19(18)25-9-11-30-12-10-25/h7-8,13-15H,4-6,9-12H2,1-3H3,(H,24,27). The van der Waals surface area contributed by atoms with Gasteiger partial charge < -0.3 is 29.2 Å². The van der Waals surface area contributed by atoms with Gasteiger partial charge in [0.15, 0.2) is 11.5 Å². The van der Waals surface area contributed by atoms with Crippen LogP contribution in [0.3, 0.4) is 0 Å². The molecule has 3 rings (SSSR count). The Hall–Kier alpha value is -3.53. The van der Waals surface area contributed by atoms with Crippen LogP contribution in [-0.2, 0) is 4.74 Å². The van der Waals surface area contributed by atoms with Crippen LogP contribution in [0.25, 0.3) is 0 Å². The highest BCUT2D eigenvalue weighted by Gasteiger charge is 2.22. The third-order valence-electron chi connectivity index (χ3n) is 4.96. The third kappa shape index (κ3) is 5.83. The van der Waals surface area contributed by atoms with Crippen LogP contribution in [-0.4, -0.2) is 57.0 Å². The van der Waals surface area contributed by atoms with Crippen molar-refractivity contribution in [2.45, 2.75) is 20.8 Å². The number of ether oxygens (including phenoxy) is 4. The Morgan fingerprint density at radius 3 is 2.18 bits per heavy atom. The molecule has 178 valence electrons. The van der Waals surface area contributed by atoms with Crippen molar-refractivity contribution in [3.8, 4) is 17.2 Å². The van der Waals surface area contributed by atoms with E-state index in [1.165, 1.54) is 12.1 Å². The molecule has 1 heterocycles. The summed E-state index contributed by atoms with van der Waals surface area (Å²) in [5, 5.41) is 14.2. The van der Waals surface area contributed by atoms with Gasteiger partial charge in [-0.2, -0.15) is 0 Å². The van der Waals surface area contributed by atoms with E-state index in [0.717, 1.165) is 0 Å². The quantitative estimate of drug-likeness (QED) is 0.421. The number of amides is 1. The zero-order chi connectivity index (χ0) is 23.8. The number of anilines is 2. The molecule has 0 spiro atoms. The summed E-state index contributed by atoms with van der Waals surface area (Å²) in [5.74, 6) is 0.866. The number of carbonyl (C=O) groups excluding carboxylic acids is 1. The largest absolute Gasteiger partial charge is 0.490 e. The SMILES string of the molecule is CCOc1cc(C(=O)Nc2ccc([N+](=O)[O-])cc2N2CCOCC2)cc(OCC)c1OCC. The number of nitrogens with zero attached hydrogens (tertiary/aromatic N) is 2. The first kappa shape index (κ1) is 24.1. The molecule has 0 atom stereocenters. The van der Waals surface area contributed by atoms with E-state index >= 15 is 0 Å². The number of nitrogens with one attached hydrogen (secondary N) is 1. The van der Waals surface area contributed by atoms with Gasteiger partial charge in [-0.1, -0.05) is 0 Å². The minimum Gasteiger partial charge on any atom is -0.490 e. The Kier molecular flexibility index (Phi) is 8.31. The number of rotatable bonds is 10. The van der Waals surface area contributed by atoms with E-state index in [9.17, 15) is 14.9 Å². The minimum atomic E-state index is -0.454. The minimum absolute atomic E-state index is 0.0483. The molecular formula is C23H29N3O7. The summed E-state index contributed by atoms with van der Waals surface area (Å²) in [4.78, 5) is 26.0. The smallest absolute Gasteiger partial charge is 0.271 e. The van der Waals surface area contributed by atoms with Crippen LogP contribution >= 0.6 is 0 Å². The Balaban J connectivity index is 1.96. The van der Waals surface area contributed by atoms with Crippen LogP contribution in [0.4, 0.5) is 17.1 Å². The molecule has 1 aliphatic heterocycles. The highest BCUT2D eigenvalue weighted by molar-refractivity contribution is 6.06. The lowest BCUT2D eigenvalue weighted by molar-refractivity contribution is -0.384. The van der Waals surface area contributed by atoms with E-state index in [1.807, 2.05) is 25.7 Å². The number of non-ortho nitro benzene ring substituents is 1. The second kappa shape index (κ2) is 11.4. The predicted octanol–water partition coefficient (Wildman–Crippen LogP) is 3.88. The summed E-state index contributed by atoms with van der Waals surface area (Å²) >= 11 is 0. The fourth-order valence-electron chi connectivity index (χ4n) is 3.52. The monoisotopic (exact) mass is 459 g/mol. The normalized spacial score (nSPS) is 13.4. The molecule has 1 aliphatic rings. The van der Waals surface area contributed by atoms with E-state index in [0.29, 0.717) is 80.3 Å². The van der Waals surface area contributed by atoms with Crippen molar-refractivity contribution >= 4 is 23.0 Å². The molecular weight excluding hydrogens is 430 g/mol. The molecule has 33 heavy (non-hydrogen) atoms. The molecule has 0 bridgehead atoms. The molecule has 1 saturated heterocycles. The number of hydrogen-bond acceptors (Lipinski definition) is 8. The first-order valence-corrected chi connectivity index (χ1v) is 11.0. The predicted molar refractivity (Wildman–Crippen MR) is 124 cm³/mol. The first-order chi connectivity index (χ1) is 16.0. The van der Waals surface area contributed by atoms with Gasteiger partial charge in [-0.15, -0.1) is 0 Å². The van der Waals surface area contributed by atoms with Gasteiger partial charge in [0.1, 0.15) is 0 Å². The molecule has 1 N–H and O–H groups in total. The number of carbonyl (C=O) groups is 1. The molecule has 2 aromatic carbocycles. The Labute approximate surface area is 192 Å². The molecule has 10 heteroatoms. The lowest BCUT2D eigenvalue weighted by Crippen LogP contribution is -2.36. The molecule has 0 saturated carbocycles. The van der Waals surface area contributed by atoms with Crippen molar-refractivity contribution in [2.24, 2.45) is 0 Å². The van der Waals surface area contributed by atoms with Crippen LogP contribution < -0.4 is 24.4 Å². The van der Waals surface area contributed by atoms with Gasteiger partial charge in [0, 0.05) is 30.8 Å². The van der Waals surface area contributed by atoms with Crippen molar-refractivity contribution in [2.75, 3.05) is 56.3 Å². The van der Waals surface area contributed by atoms with E-state index in [1.54, 1.807) is 18.2 Å². The Morgan fingerprint density at radius 2 is 1.64 bits per heavy atom. The maximum Gasteiger partial charge on any atom is 0.271 e. The molecule has 0 radical (unpaired) electrons. The van der Waals surface area contributed by atoms with E-state index in [2.05, 4.69) is 5.32 Å². The molecule has 1 fully saturated rings. The highest BCUT2D eigenvalue weighted by atomic mass is 16.6. The lowest BCUT2D eigenvalue weighted by atomic mass is 10.1. The number of hydrogen-bond donors (Lipinski definition) is 1. The zero-order valence-corrected chi connectivity index (χ0v) is 19.1. The van der Waals surface area contributed by atoms with Crippen LogP contribution in [0.2, 0.25) is 0 Å². The van der Waals surface area contributed by atoms with Gasteiger partial charge >= 0.3 is 0 Å². The van der Waals surface area contributed by atoms with Gasteiger partial charge in [0.25, 0.3) is 11.6 Å². The Morgan fingerprint density at radius 1 is 1.03 bits per heavy atom. The van der Waals surface area contributed by atoms with Gasteiger partial charge in [-0.25, -0.2) is 0 Å². The molecule has 1 amide bonds. The summed E-state index contributed by atoms with van der Waals surface area (Å²) in [6.45, 7) is 8.87. The number of morpholine rings is 1. The fourth-order valence-corrected chi connectivity index (χ4v) is 3.52. The van der Waals surface area contributed by atoms with Crippen molar-refractivity contribution in [3.63, 3.8) is 0 Å². The summed E-state index contributed by atoms with van der Waals surface area (Å²) in [7, 11) is 0. The first-order valence-electron chi connectivity index (χ1n) is 11.0. The van der Waals surface area contributed by atoms with Crippen molar-refractivity contribution < 1.29 is 28.7 Å². The number of benzene rings is 2. The molecule has 0 unspecified atom stereocenters. The summed E-state index contributed by atoms with van der Waals surface area (Å²) in [6.07, 6.45) is 0. The zero-order valence-electron chi connectivity index (χ0n) is 19.1. The van der Waals surface area contributed by atoms with Gasteiger partial charge in [-0.05, 0) is 39.0 Å². The van der Waals surface area contributed by atoms with Crippen LogP contribution in [0.15, 0.2) is 30.3 Å². The number of nitro groups is 1. The van der Waals surface area contributed by atoms with E-state index in [-0.39, 0.29) is 5.69 Å².